The molecule has 13 heavy (non-hydrogen) atoms. The molecular weight excluding hydrogens is 162 g/mol. The van der Waals surface area contributed by atoms with Gasteiger partial charge in [-0.25, -0.2) is 0 Å². The maximum atomic E-state index is 11.7. The van der Waals surface area contributed by atoms with Crippen LogP contribution in [0.2, 0.25) is 0 Å². The van der Waals surface area contributed by atoms with E-state index >= 15 is 0 Å². The van der Waals surface area contributed by atoms with Crippen LogP contribution in [0, 0.1) is 12.3 Å². The summed E-state index contributed by atoms with van der Waals surface area (Å²) in [6.45, 7) is 2.95. The van der Waals surface area contributed by atoms with Crippen molar-refractivity contribution >= 4 is 5.78 Å². The molecular formula is C11H17NO. The van der Waals surface area contributed by atoms with Crippen molar-refractivity contribution in [2.45, 2.75) is 44.6 Å². The van der Waals surface area contributed by atoms with Crippen LogP contribution in [0.15, 0.2) is 0 Å². The van der Waals surface area contributed by atoms with Crippen LogP contribution >= 0.6 is 0 Å². The first-order valence-corrected chi connectivity index (χ1v) is 4.91. The third-order valence-electron chi connectivity index (χ3n) is 2.73. The Morgan fingerprint density at radius 1 is 1.62 bits per heavy atom. The molecule has 1 rings (SSSR count). The second-order valence-electron chi connectivity index (χ2n) is 3.84. The van der Waals surface area contributed by atoms with E-state index in [1.54, 1.807) is 0 Å². The second kappa shape index (κ2) is 4.43. The Hall–Kier alpha value is -0.810. The highest BCUT2D eigenvalue weighted by molar-refractivity contribution is 5.88. The Labute approximate surface area is 80.1 Å². The van der Waals surface area contributed by atoms with Gasteiger partial charge in [0, 0.05) is 12.8 Å². The number of hydrogen-bond donors (Lipinski definition) is 1. The minimum absolute atomic E-state index is 0.269. The van der Waals surface area contributed by atoms with Crippen molar-refractivity contribution in [3.63, 3.8) is 0 Å². The quantitative estimate of drug-likeness (QED) is 0.665. The largest absolute Gasteiger partial charge is 0.305 e. The summed E-state index contributed by atoms with van der Waals surface area (Å²) < 4.78 is 0. The van der Waals surface area contributed by atoms with Gasteiger partial charge in [-0.05, 0) is 32.7 Å². The molecule has 1 saturated heterocycles. The van der Waals surface area contributed by atoms with Gasteiger partial charge in [-0.3, -0.25) is 4.79 Å². The van der Waals surface area contributed by atoms with Gasteiger partial charge in [-0.1, -0.05) is 0 Å². The highest BCUT2D eigenvalue weighted by atomic mass is 16.1. The van der Waals surface area contributed by atoms with Gasteiger partial charge in [0.15, 0.2) is 5.78 Å². The molecule has 1 unspecified atom stereocenters. The number of nitrogens with one attached hydrogen (secondary N) is 1. The molecule has 72 valence electrons. The molecule has 1 aliphatic heterocycles. The molecule has 0 bridgehead atoms. The number of rotatable bonds is 3. The van der Waals surface area contributed by atoms with Crippen LogP contribution in [0.4, 0.5) is 0 Å². The Bertz CT molecular complexity index is 221. The molecule has 2 heteroatoms. The SMILES string of the molecule is C#CCCC(=O)C1(C)CCCCN1. The molecule has 0 spiro atoms. The Kier molecular flexibility index (Phi) is 3.50. The number of hydrogen-bond acceptors (Lipinski definition) is 2. The van der Waals surface area contributed by atoms with Crippen LogP contribution in [0.3, 0.4) is 0 Å². The number of terminal acetylenes is 1. The van der Waals surface area contributed by atoms with E-state index in [0.29, 0.717) is 12.8 Å². The average molecular weight is 179 g/mol. The summed E-state index contributed by atoms with van der Waals surface area (Å²) in [5, 5.41) is 3.29. The standard InChI is InChI=1S/C11H17NO/c1-3-4-7-10(13)11(2)8-5-6-9-12-11/h1,12H,4-9H2,2H3. The lowest BCUT2D eigenvalue weighted by Gasteiger charge is -2.33. The molecule has 0 aliphatic carbocycles. The van der Waals surface area contributed by atoms with Crippen molar-refractivity contribution in [2.24, 2.45) is 0 Å². The minimum atomic E-state index is -0.297. The summed E-state index contributed by atoms with van der Waals surface area (Å²) in [5.74, 6) is 2.77. The fourth-order valence-electron chi connectivity index (χ4n) is 1.76. The first kappa shape index (κ1) is 10.3. The third-order valence-corrected chi connectivity index (χ3v) is 2.73. The lowest BCUT2D eigenvalue weighted by Crippen LogP contribution is -2.52. The van der Waals surface area contributed by atoms with Crippen LogP contribution in [-0.2, 0) is 4.79 Å². The zero-order chi connectivity index (χ0) is 9.73. The summed E-state index contributed by atoms with van der Waals surface area (Å²) in [6, 6.07) is 0. The van der Waals surface area contributed by atoms with E-state index in [9.17, 15) is 4.79 Å². The maximum absolute atomic E-state index is 11.7. The van der Waals surface area contributed by atoms with E-state index in [1.807, 2.05) is 6.92 Å². The summed E-state index contributed by atoms with van der Waals surface area (Å²) >= 11 is 0. The molecule has 0 aromatic carbocycles. The van der Waals surface area contributed by atoms with Crippen molar-refractivity contribution < 1.29 is 4.79 Å². The minimum Gasteiger partial charge on any atom is -0.305 e. The van der Waals surface area contributed by atoms with Gasteiger partial charge in [0.1, 0.15) is 0 Å². The lowest BCUT2D eigenvalue weighted by molar-refractivity contribution is -0.125. The Morgan fingerprint density at radius 2 is 2.38 bits per heavy atom. The molecule has 1 heterocycles. The number of ketones is 1. The zero-order valence-corrected chi connectivity index (χ0v) is 8.23. The van der Waals surface area contributed by atoms with E-state index in [1.165, 1.54) is 6.42 Å². The smallest absolute Gasteiger partial charge is 0.153 e. The monoisotopic (exact) mass is 179 g/mol. The number of Topliss-reactive ketones (excluding diaryl/α,β-unsaturated/α-hetero) is 1. The number of carbonyl (C=O) groups excluding carboxylic acids is 1. The van der Waals surface area contributed by atoms with E-state index < -0.39 is 0 Å². The molecule has 0 saturated carbocycles. The van der Waals surface area contributed by atoms with Crippen molar-refractivity contribution in [2.75, 3.05) is 6.54 Å². The summed E-state index contributed by atoms with van der Waals surface area (Å²) in [4.78, 5) is 11.7. The molecule has 1 aliphatic rings. The summed E-state index contributed by atoms with van der Waals surface area (Å²) in [5.41, 5.74) is -0.297. The van der Waals surface area contributed by atoms with E-state index in [4.69, 9.17) is 6.42 Å². The summed E-state index contributed by atoms with van der Waals surface area (Å²) in [6.07, 6.45) is 9.48. The first-order chi connectivity index (χ1) is 6.19. The third kappa shape index (κ3) is 2.57. The van der Waals surface area contributed by atoms with Gasteiger partial charge in [0.05, 0.1) is 5.54 Å². The van der Waals surface area contributed by atoms with E-state index in [2.05, 4.69) is 11.2 Å². The fourth-order valence-corrected chi connectivity index (χ4v) is 1.76. The molecule has 0 radical (unpaired) electrons. The summed E-state index contributed by atoms with van der Waals surface area (Å²) in [7, 11) is 0. The first-order valence-electron chi connectivity index (χ1n) is 4.91. The molecule has 1 fully saturated rings. The number of piperidine rings is 1. The van der Waals surface area contributed by atoms with Crippen LogP contribution in [0.25, 0.3) is 0 Å². The Balaban J connectivity index is 2.47. The highest BCUT2D eigenvalue weighted by Crippen LogP contribution is 2.21. The fraction of sp³-hybridized carbons (Fsp3) is 0.727. The zero-order valence-electron chi connectivity index (χ0n) is 8.23. The van der Waals surface area contributed by atoms with E-state index in [0.717, 1.165) is 19.4 Å². The lowest BCUT2D eigenvalue weighted by atomic mass is 9.85. The van der Waals surface area contributed by atoms with Crippen molar-refractivity contribution in [1.82, 2.24) is 5.32 Å². The predicted octanol–water partition coefficient (Wildman–Crippen LogP) is 1.50. The molecule has 0 aromatic heterocycles. The molecule has 0 amide bonds. The normalized spacial score (nSPS) is 28.0. The van der Waals surface area contributed by atoms with Crippen LogP contribution in [0.5, 0.6) is 0 Å². The van der Waals surface area contributed by atoms with Crippen molar-refractivity contribution in [3.8, 4) is 12.3 Å². The molecule has 0 aromatic rings. The van der Waals surface area contributed by atoms with Gasteiger partial charge >= 0.3 is 0 Å². The van der Waals surface area contributed by atoms with E-state index in [-0.39, 0.29) is 11.3 Å². The highest BCUT2D eigenvalue weighted by Gasteiger charge is 2.32. The molecule has 2 nitrogen and oxygen atoms in total. The van der Waals surface area contributed by atoms with Gasteiger partial charge in [0.25, 0.3) is 0 Å². The van der Waals surface area contributed by atoms with Crippen molar-refractivity contribution in [1.29, 1.82) is 0 Å². The topological polar surface area (TPSA) is 29.1 Å². The van der Waals surface area contributed by atoms with Crippen molar-refractivity contribution in [3.05, 3.63) is 0 Å². The van der Waals surface area contributed by atoms with Crippen LogP contribution < -0.4 is 5.32 Å². The van der Waals surface area contributed by atoms with Gasteiger partial charge in [-0.15, -0.1) is 12.3 Å². The van der Waals surface area contributed by atoms with Crippen LogP contribution in [0.1, 0.15) is 39.0 Å². The average Bonchev–Trinajstić information content (AvgIpc) is 2.15. The van der Waals surface area contributed by atoms with Crippen LogP contribution in [-0.4, -0.2) is 17.9 Å². The predicted molar refractivity (Wildman–Crippen MR) is 53.3 cm³/mol. The maximum Gasteiger partial charge on any atom is 0.153 e. The Morgan fingerprint density at radius 3 is 2.92 bits per heavy atom. The second-order valence-corrected chi connectivity index (χ2v) is 3.84. The van der Waals surface area contributed by atoms with Gasteiger partial charge in [-0.2, -0.15) is 0 Å². The van der Waals surface area contributed by atoms with Gasteiger partial charge in [0.2, 0.25) is 0 Å². The number of carbonyl (C=O) groups is 1. The molecule has 1 atom stereocenters. The van der Waals surface area contributed by atoms with Gasteiger partial charge < -0.3 is 5.32 Å². The molecule has 1 N–H and O–H groups in total.